The molecular weight excluding hydrogens is 172 g/mol. The van der Waals surface area contributed by atoms with Gasteiger partial charge < -0.3 is 0 Å². The highest BCUT2D eigenvalue weighted by molar-refractivity contribution is 4.92. The summed E-state index contributed by atoms with van der Waals surface area (Å²) in [5.41, 5.74) is 0.639. The number of hydrogen-bond acceptors (Lipinski definition) is 1. The normalized spacial score (nSPS) is 27.6. The van der Waals surface area contributed by atoms with Crippen LogP contribution in [0.1, 0.15) is 47.0 Å². The van der Waals surface area contributed by atoms with Gasteiger partial charge in [-0.25, -0.2) is 4.59 Å². The second kappa shape index (κ2) is 3.21. The van der Waals surface area contributed by atoms with E-state index in [1.54, 1.807) is 0 Å². The van der Waals surface area contributed by atoms with Gasteiger partial charge in [-0.3, -0.25) is 0 Å². The van der Waals surface area contributed by atoms with Crippen LogP contribution in [0, 0.1) is 0 Å². The van der Waals surface area contributed by atoms with Crippen LogP contribution >= 0.6 is 0 Å². The van der Waals surface area contributed by atoms with E-state index in [1.807, 2.05) is 0 Å². The van der Waals surface area contributed by atoms with E-state index in [2.05, 4.69) is 53.8 Å². The lowest BCUT2D eigenvalue weighted by Crippen LogP contribution is -2.70. The van der Waals surface area contributed by atoms with Crippen LogP contribution in [-0.2, 0) is 0 Å². The van der Waals surface area contributed by atoms with Crippen LogP contribution in [-0.4, -0.2) is 41.8 Å². The first kappa shape index (κ1) is 12.0. The molecule has 1 aliphatic heterocycles. The summed E-state index contributed by atoms with van der Waals surface area (Å²) in [6, 6.07) is 0. The first-order chi connectivity index (χ1) is 6.07. The molecule has 0 spiro atoms. The molecule has 14 heavy (non-hydrogen) atoms. The summed E-state index contributed by atoms with van der Waals surface area (Å²) in [6.07, 6.45) is 3.98. The number of hydrogen-bond donors (Lipinski definition) is 0. The summed E-state index contributed by atoms with van der Waals surface area (Å²) in [7, 11) is 6.82. The van der Waals surface area contributed by atoms with Gasteiger partial charge in [0.15, 0.2) is 0 Å². The fraction of sp³-hybridized carbons (Fsp3) is 1.00. The molecule has 0 atom stereocenters. The molecular formula is C12H27N2+. The Labute approximate surface area is 89.4 Å². The van der Waals surface area contributed by atoms with E-state index >= 15 is 0 Å². The lowest BCUT2D eigenvalue weighted by atomic mass is 9.81. The zero-order chi connectivity index (χ0) is 11.2. The van der Waals surface area contributed by atoms with Crippen LogP contribution in [0.25, 0.3) is 0 Å². The van der Waals surface area contributed by atoms with E-state index in [-0.39, 0.29) is 0 Å². The van der Waals surface area contributed by atoms with Gasteiger partial charge in [-0.05, 0) is 47.0 Å². The standard InChI is InChI=1S/C12H27N2/c1-11(2)9-8-10-12(3,4)13(11)14(5,6)7/h8-10H2,1-7H3/q+1. The number of nitrogens with zero attached hydrogens (tertiary/aromatic N) is 2. The quantitative estimate of drug-likeness (QED) is 0.587. The third-order valence-electron chi connectivity index (χ3n) is 3.32. The van der Waals surface area contributed by atoms with Gasteiger partial charge in [0.1, 0.15) is 0 Å². The maximum absolute atomic E-state index is 2.64. The molecule has 2 heteroatoms. The second-order valence-corrected chi connectivity index (χ2v) is 6.73. The van der Waals surface area contributed by atoms with Gasteiger partial charge in [0.2, 0.25) is 0 Å². The predicted molar refractivity (Wildman–Crippen MR) is 61.9 cm³/mol. The van der Waals surface area contributed by atoms with E-state index in [0.717, 1.165) is 4.59 Å². The van der Waals surface area contributed by atoms with Crippen molar-refractivity contribution in [3.8, 4) is 0 Å². The molecule has 1 saturated heterocycles. The Bertz CT molecular complexity index is 195. The van der Waals surface area contributed by atoms with Crippen molar-refractivity contribution in [2.75, 3.05) is 21.1 Å². The van der Waals surface area contributed by atoms with E-state index in [9.17, 15) is 0 Å². The highest BCUT2D eigenvalue weighted by Gasteiger charge is 2.48. The van der Waals surface area contributed by atoms with Crippen molar-refractivity contribution in [3.63, 3.8) is 0 Å². The van der Waals surface area contributed by atoms with E-state index in [4.69, 9.17) is 0 Å². The third-order valence-corrected chi connectivity index (χ3v) is 3.32. The monoisotopic (exact) mass is 199 g/mol. The molecule has 0 saturated carbocycles. The van der Waals surface area contributed by atoms with Gasteiger partial charge in [0.25, 0.3) is 0 Å². The Morgan fingerprint density at radius 3 is 1.43 bits per heavy atom. The molecule has 0 radical (unpaired) electrons. The molecule has 0 aromatic heterocycles. The fourth-order valence-electron chi connectivity index (χ4n) is 3.61. The summed E-state index contributed by atoms with van der Waals surface area (Å²) in [6.45, 7) is 9.49. The highest BCUT2D eigenvalue weighted by Crippen LogP contribution is 2.40. The summed E-state index contributed by atoms with van der Waals surface area (Å²) in [5, 5.41) is 2.64. The molecule has 1 rings (SSSR count). The average molecular weight is 199 g/mol. The van der Waals surface area contributed by atoms with Crippen LogP contribution in [0.15, 0.2) is 0 Å². The fourth-order valence-corrected chi connectivity index (χ4v) is 3.61. The van der Waals surface area contributed by atoms with Crippen molar-refractivity contribution >= 4 is 0 Å². The lowest BCUT2D eigenvalue weighted by molar-refractivity contribution is -1.00. The van der Waals surface area contributed by atoms with Crippen molar-refractivity contribution in [2.45, 2.75) is 58.0 Å². The van der Waals surface area contributed by atoms with E-state index in [0.29, 0.717) is 11.1 Å². The van der Waals surface area contributed by atoms with Crippen LogP contribution in [0.5, 0.6) is 0 Å². The largest absolute Gasteiger partial charge is 0.250 e. The zero-order valence-corrected chi connectivity index (χ0v) is 11.0. The summed E-state index contributed by atoms with van der Waals surface area (Å²) < 4.78 is 0.931. The Hall–Kier alpha value is -0.0800. The number of piperidine rings is 1. The van der Waals surface area contributed by atoms with E-state index < -0.39 is 0 Å². The average Bonchev–Trinajstić information content (AvgIpc) is 1.76. The van der Waals surface area contributed by atoms with Gasteiger partial charge in [0, 0.05) is 0 Å². The topological polar surface area (TPSA) is 3.24 Å². The van der Waals surface area contributed by atoms with Crippen molar-refractivity contribution < 1.29 is 4.59 Å². The number of quaternary nitrogens is 1. The van der Waals surface area contributed by atoms with Crippen molar-refractivity contribution in [1.82, 2.24) is 5.01 Å². The molecule has 0 aromatic rings. The van der Waals surface area contributed by atoms with Crippen LogP contribution < -0.4 is 0 Å². The molecule has 1 heterocycles. The first-order valence-corrected chi connectivity index (χ1v) is 5.70. The Morgan fingerprint density at radius 2 is 1.21 bits per heavy atom. The summed E-state index contributed by atoms with van der Waals surface area (Å²) in [4.78, 5) is 0. The first-order valence-electron chi connectivity index (χ1n) is 5.70. The minimum atomic E-state index is 0.319. The Kier molecular flexibility index (Phi) is 2.75. The Balaban J connectivity index is 3.04. The van der Waals surface area contributed by atoms with Gasteiger partial charge in [-0.2, -0.15) is 0 Å². The molecule has 0 aliphatic carbocycles. The zero-order valence-electron chi connectivity index (χ0n) is 11.0. The smallest absolute Gasteiger partial charge is 0.0856 e. The Morgan fingerprint density at radius 1 is 0.857 bits per heavy atom. The van der Waals surface area contributed by atoms with Crippen LogP contribution in [0.4, 0.5) is 0 Å². The van der Waals surface area contributed by atoms with Crippen molar-refractivity contribution in [2.24, 2.45) is 0 Å². The molecule has 0 aromatic carbocycles. The van der Waals surface area contributed by atoms with Crippen molar-refractivity contribution in [1.29, 1.82) is 0 Å². The second-order valence-electron chi connectivity index (χ2n) is 6.73. The predicted octanol–water partition coefficient (Wildman–Crippen LogP) is 2.65. The molecule has 0 bridgehead atoms. The SMILES string of the molecule is CC1(C)CCCC(C)(C)N1[N+](C)(C)C. The maximum atomic E-state index is 2.64. The van der Waals surface area contributed by atoms with Gasteiger partial charge in [0.05, 0.1) is 32.2 Å². The minimum Gasteiger partial charge on any atom is -0.250 e. The highest BCUT2D eigenvalue weighted by atomic mass is 15.8. The lowest BCUT2D eigenvalue weighted by Gasteiger charge is -2.57. The van der Waals surface area contributed by atoms with Gasteiger partial charge >= 0.3 is 0 Å². The van der Waals surface area contributed by atoms with Crippen molar-refractivity contribution in [3.05, 3.63) is 0 Å². The summed E-state index contributed by atoms with van der Waals surface area (Å²) in [5.74, 6) is 0. The number of rotatable bonds is 1. The molecule has 1 fully saturated rings. The molecule has 0 unspecified atom stereocenters. The molecule has 2 nitrogen and oxygen atoms in total. The third kappa shape index (κ3) is 2.12. The van der Waals surface area contributed by atoms with Crippen LogP contribution in [0.3, 0.4) is 0 Å². The molecule has 0 N–H and O–H groups in total. The maximum Gasteiger partial charge on any atom is 0.0856 e. The summed E-state index contributed by atoms with van der Waals surface area (Å²) >= 11 is 0. The minimum absolute atomic E-state index is 0.319. The van der Waals surface area contributed by atoms with E-state index in [1.165, 1.54) is 19.3 Å². The molecule has 1 aliphatic rings. The van der Waals surface area contributed by atoms with Gasteiger partial charge in [-0.1, -0.05) is 0 Å². The van der Waals surface area contributed by atoms with Gasteiger partial charge in [-0.15, -0.1) is 5.01 Å². The van der Waals surface area contributed by atoms with Crippen LogP contribution in [0.2, 0.25) is 0 Å². The molecule has 84 valence electrons. The molecule has 0 amide bonds.